The predicted molar refractivity (Wildman–Crippen MR) is 73.3 cm³/mol. The summed E-state index contributed by atoms with van der Waals surface area (Å²) < 4.78 is 0. The van der Waals surface area contributed by atoms with Gasteiger partial charge in [0.25, 0.3) is 0 Å². The van der Waals surface area contributed by atoms with E-state index in [1.807, 2.05) is 32.3 Å². The molecule has 1 aliphatic heterocycles. The molecule has 1 aromatic rings. The molecule has 0 radical (unpaired) electrons. The summed E-state index contributed by atoms with van der Waals surface area (Å²) in [5.41, 5.74) is 7.76. The number of nitrogens with two attached hydrogens (primary N) is 1. The zero-order chi connectivity index (χ0) is 13.3. The molecule has 0 aromatic heterocycles. The molecule has 1 saturated heterocycles. The fourth-order valence-corrected chi connectivity index (χ4v) is 2.71. The van der Waals surface area contributed by atoms with Crippen LogP contribution in [-0.2, 0) is 4.79 Å². The highest BCUT2D eigenvalue weighted by atomic mass is 16.2. The molecule has 4 nitrogen and oxygen atoms in total. The van der Waals surface area contributed by atoms with Gasteiger partial charge in [-0.25, -0.2) is 0 Å². The first-order valence-electron chi connectivity index (χ1n) is 6.24. The summed E-state index contributed by atoms with van der Waals surface area (Å²) in [7, 11) is 5.69. The first kappa shape index (κ1) is 12.9. The molecule has 1 fully saturated rings. The molecule has 1 amide bonds. The molecule has 0 spiro atoms. The van der Waals surface area contributed by atoms with Gasteiger partial charge in [0.15, 0.2) is 0 Å². The van der Waals surface area contributed by atoms with Crippen LogP contribution < -0.4 is 5.73 Å². The zero-order valence-electron chi connectivity index (χ0n) is 11.3. The largest absolute Gasteiger partial charge is 0.399 e. The van der Waals surface area contributed by atoms with E-state index in [1.165, 1.54) is 5.56 Å². The van der Waals surface area contributed by atoms with Crippen molar-refractivity contribution in [2.24, 2.45) is 5.92 Å². The van der Waals surface area contributed by atoms with Crippen molar-refractivity contribution in [2.75, 3.05) is 40.0 Å². The van der Waals surface area contributed by atoms with E-state index in [1.54, 1.807) is 4.90 Å². The Morgan fingerprint density at radius 2 is 2.11 bits per heavy atom. The molecule has 2 rings (SSSR count). The van der Waals surface area contributed by atoms with E-state index in [9.17, 15) is 4.79 Å². The van der Waals surface area contributed by atoms with Gasteiger partial charge in [-0.15, -0.1) is 0 Å². The van der Waals surface area contributed by atoms with E-state index < -0.39 is 0 Å². The summed E-state index contributed by atoms with van der Waals surface area (Å²) in [6.07, 6.45) is 0. The Hall–Kier alpha value is -1.55. The van der Waals surface area contributed by atoms with Crippen molar-refractivity contribution in [2.45, 2.75) is 5.92 Å². The number of amides is 1. The highest BCUT2D eigenvalue weighted by Gasteiger charge is 2.37. The summed E-state index contributed by atoms with van der Waals surface area (Å²) in [4.78, 5) is 16.1. The van der Waals surface area contributed by atoms with Gasteiger partial charge in [-0.3, -0.25) is 4.79 Å². The second-order valence-electron chi connectivity index (χ2n) is 5.34. The Bertz CT molecular complexity index is 444. The number of nitrogen functional groups attached to an aromatic ring is 1. The van der Waals surface area contributed by atoms with Crippen molar-refractivity contribution < 1.29 is 4.79 Å². The third-order valence-electron chi connectivity index (χ3n) is 3.60. The second-order valence-corrected chi connectivity index (χ2v) is 5.34. The maximum atomic E-state index is 12.2. The van der Waals surface area contributed by atoms with E-state index in [2.05, 4.69) is 18.0 Å². The van der Waals surface area contributed by atoms with E-state index >= 15 is 0 Å². The summed E-state index contributed by atoms with van der Waals surface area (Å²) in [5.74, 6) is 0.479. The molecule has 0 bridgehead atoms. The molecule has 4 heteroatoms. The lowest BCUT2D eigenvalue weighted by atomic mass is 9.88. The summed E-state index contributed by atoms with van der Waals surface area (Å²) in [6, 6.07) is 7.89. The standard InChI is InChI=1S/C14H21N3O/c1-16(2)14(18)13-9-17(3)8-12(13)10-5-4-6-11(15)7-10/h4-7,12-13H,8-9,15H2,1-3H3/t12-,13-/m0/s1. The first-order valence-corrected chi connectivity index (χ1v) is 6.24. The van der Waals surface area contributed by atoms with Gasteiger partial charge in [0.1, 0.15) is 0 Å². The van der Waals surface area contributed by atoms with Crippen LogP contribution >= 0.6 is 0 Å². The van der Waals surface area contributed by atoms with Gasteiger partial charge in [-0.1, -0.05) is 12.1 Å². The van der Waals surface area contributed by atoms with E-state index in [0.717, 1.165) is 18.8 Å². The van der Waals surface area contributed by atoms with Gasteiger partial charge in [-0.2, -0.15) is 0 Å². The minimum atomic E-state index is 0.0341. The zero-order valence-corrected chi connectivity index (χ0v) is 11.3. The summed E-state index contributed by atoms with van der Waals surface area (Å²) in [5, 5.41) is 0. The lowest BCUT2D eigenvalue weighted by Crippen LogP contribution is -2.33. The number of likely N-dealkylation sites (N-methyl/N-ethyl adjacent to an activating group) is 1. The fourth-order valence-electron chi connectivity index (χ4n) is 2.71. The van der Waals surface area contributed by atoms with Crippen LogP contribution in [-0.4, -0.2) is 49.9 Å². The fraction of sp³-hybridized carbons (Fsp3) is 0.500. The monoisotopic (exact) mass is 247 g/mol. The SMILES string of the molecule is CN1C[C@H](C(=O)N(C)C)[C@H](c2cccc(N)c2)C1. The second kappa shape index (κ2) is 4.98. The highest BCUT2D eigenvalue weighted by Crippen LogP contribution is 2.33. The van der Waals surface area contributed by atoms with E-state index in [-0.39, 0.29) is 17.7 Å². The quantitative estimate of drug-likeness (QED) is 0.793. The van der Waals surface area contributed by atoms with Crippen molar-refractivity contribution in [1.29, 1.82) is 0 Å². The van der Waals surface area contributed by atoms with Gasteiger partial charge in [-0.05, 0) is 24.7 Å². The average molecular weight is 247 g/mol. The number of likely N-dealkylation sites (tertiary alicyclic amines) is 1. The van der Waals surface area contributed by atoms with Crippen molar-refractivity contribution in [3.05, 3.63) is 29.8 Å². The number of carbonyl (C=O) groups is 1. The smallest absolute Gasteiger partial charge is 0.227 e. The van der Waals surface area contributed by atoms with E-state index in [0.29, 0.717) is 0 Å². The summed E-state index contributed by atoms with van der Waals surface area (Å²) >= 11 is 0. The van der Waals surface area contributed by atoms with Crippen molar-refractivity contribution in [3.63, 3.8) is 0 Å². The van der Waals surface area contributed by atoms with Gasteiger partial charge >= 0.3 is 0 Å². The third-order valence-corrected chi connectivity index (χ3v) is 3.60. The number of benzene rings is 1. The lowest BCUT2D eigenvalue weighted by molar-refractivity contribution is -0.132. The van der Waals surface area contributed by atoms with Gasteiger partial charge in [0.2, 0.25) is 5.91 Å². The molecule has 1 aliphatic rings. The number of rotatable bonds is 2. The summed E-state index contributed by atoms with van der Waals surface area (Å²) in [6.45, 7) is 1.73. The lowest BCUT2D eigenvalue weighted by Gasteiger charge is -2.21. The van der Waals surface area contributed by atoms with Crippen molar-refractivity contribution in [3.8, 4) is 0 Å². The Kier molecular flexibility index (Phi) is 3.57. The molecule has 2 atom stereocenters. The average Bonchev–Trinajstić information content (AvgIpc) is 2.70. The number of hydrogen-bond acceptors (Lipinski definition) is 3. The molecule has 0 aliphatic carbocycles. The number of anilines is 1. The minimum Gasteiger partial charge on any atom is -0.399 e. The Balaban J connectivity index is 2.27. The molecular weight excluding hydrogens is 226 g/mol. The normalized spacial score (nSPS) is 24.2. The molecule has 98 valence electrons. The van der Waals surface area contributed by atoms with Crippen LogP contribution in [0.3, 0.4) is 0 Å². The first-order chi connectivity index (χ1) is 8.49. The molecule has 18 heavy (non-hydrogen) atoms. The van der Waals surface area contributed by atoms with Gasteiger partial charge in [0.05, 0.1) is 5.92 Å². The van der Waals surface area contributed by atoms with Gasteiger partial charge < -0.3 is 15.5 Å². The van der Waals surface area contributed by atoms with Crippen LogP contribution in [0.15, 0.2) is 24.3 Å². The van der Waals surface area contributed by atoms with Gasteiger partial charge in [0, 0.05) is 38.8 Å². The van der Waals surface area contributed by atoms with Crippen LogP contribution in [0.25, 0.3) is 0 Å². The van der Waals surface area contributed by atoms with Crippen LogP contribution in [0.5, 0.6) is 0 Å². The molecule has 1 heterocycles. The highest BCUT2D eigenvalue weighted by molar-refractivity contribution is 5.80. The maximum absolute atomic E-state index is 12.2. The van der Waals surface area contributed by atoms with Crippen molar-refractivity contribution >= 4 is 11.6 Å². The predicted octanol–water partition coefficient (Wildman–Crippen LogP) is 1.00. The number of nitrogens with zero attached hydrogens (tertiary/aromatic N) is 2. The maximum Gasteiger partial charge on any atom is 0.227 e. The minimum absolute atomic E-state index is 0.0341. The molecule has 0 saturated carbocycles. The van der Waals surface area contributed by atoms with Crippen LogP contribution in [0.4, 0.5) is 5.69 Å². The van der Waals surface area contributed by atoms with Crippen molar-refractivity contribution in [1.82, 2.24) is 9.80 Å². The number of hydrogen-bond donors (Lipinski definition) is 1. The molecule has 2 N–H and O–H groups in total. The molecular formula is C14H21N3O. The topological polar surface area (TPSA) is 49.6 Å². The molecule has 1 aromatic carbocycles. The van der Waals surface area contributed by atoms with Crippen LogP contribution in [0.2, 0.25) is 0 Å². The Morgan fingerprint density at radius 1 is 1.39 bits per heavy atom. The third kappa shape index (κ3) is 2.48. The Labute approximate surface area is 108 Å². The molecule has 0 unspecified atom stereocenters. The van der Waals surface area contributed by atoms with E-state index in [4.69, 9.17) is 5.73 Å². The van der Waals surface area contributed by atoms with Crippen LogP contribution in [0, 0.1) is 5.92 Å². The Morgan fingerprint density at radius 3 is 2.72 bits per heavy atom. The number of carbonyl (C=O) groups excluding carboxylic acids is 1. The van der Waals surface area contributed by atoms with Crippen LogP contribution in [0.1, 0.15) is 11.5 Å².